The van der Waals surface area contributed by atoms with E-state index in [0.717, 1.165) is 31.7 Å². The van der Waals surface area contributed by atoms with Gasteiger partial charge in [-0.3, -0.25) is 4.79 Å². The molecule has 4 nitrogen and oxygen atoms in total. The average molecular weight is 298 g/mol. The van der Waals surface area contributed by atoms with Gasteiger partial charge in [-0.1, -0.05) is 19.3 Å². The van der Waals surface area contributed by atoms with Crippen molar-refractivity contribution < 1.29 is 9.53 Å². The summed E-state index contributed by atoms with van der Waals surface area (Å²) in [5.74, 6) is 1.30. The van der Waals surface area contributed by atoms with Crippen LogP contribution in [0.1, 0.15) is 44.9 Å². The van der Waals surface area contributed by atoms with Crippen LogP contribution in [0.5, 0.6) is 0 Å². The van der Waals surface area contributed by atoms with Gasteiger partial charge in [0, 0.05) is 30.1 Å². The highest BCUT2D eigenvalue weighted by Crippen LogP contribution is 2.43. The molecule has 2 saturated heterocycles. The topological polar surface area (TPSA) is 55.6 Å². The predicted molar refractivity (Wildman–Crippen MR) is 81.8 cm³/mol. The zero-order chi connectivity index (χ0) is 14.0. The van der Waals surface area contributed by atoms with Crippen LogP contribution in [0, 0.1) is 0 Å². The fourth-order valence-corrected chi connectivity index (χ4v) is 5.37. The summed E-state index contributed by atoms with van der Waals surface area (Å²) in [5.41, 5.74) is 5.63. The lowest BCUT2D eigenvalue weighted by Crippen LogP contribution is -2.52. The molecule has 3 fully saturated rings. The molecule has 2 heterocycles. The average Bonchev–Trinajstić information content (AvgIpc) is 2.96. The molecule has 1 spiro atoms. The van der Waals surface area contributed by atoms with Gasteiger partial charge >= 0.3 is 0 Å². The third-order valence-corrected chi connectivity index (χ3v) is 6.51. The minimum absolute atomic E-state index is 0.0896. The number of nitrogens with zero attached hydrogens (tertiary/aromatic N) is 1. The van der Waals surface area contributed by atoms with Gasteiger partial charge in [0.2, 0.25) is 0 Å². The Labute approximate surface area is 125 Å². The third kappa shape index (κ3) is 3.00. The van der Waals surface area contributed by atoms with Gasteiger partial charge in [0.25, 0.3) is 5.91 Å². The van der Waals surface area contributed by atoms with Crippen LogP contribution in [0.3, 0.4) is 0 Å². The van der Waals surface area contributed by atoms with E-state index in [1.165, 1.54) is 32.1 Å². The Bertz CT molecular complexity index is 352. The van der Waals surface area contributed by atoms with E-state index in [1.807, 2.05) is 0 Å². The van der Waals surface area contributed by atoms with Crippen LogP contribution in [-0.4, -0.2) is 53.1 Å². The van der Waals surface area contributed by atoms with E-state index < -0.39 is 0 Å². The number of nitrogens with two attached hydrogens (primary N) is 1. The number of amides is 1. The van der Waals surface area contributed by atoms with Crippen LogP contribution in [0.4, 0.5) is 0 Å². The van der Waals surface area contributed by atoms with Crippen molar-refractivity contribution in [1.29, 1.82) is 0 Å². The molecule has 1 aliphatic carbocycles. The summed E-state index contributed by atoms with van der Waals surface area (Å²) in [6, 6.07) is 0. The Balaban J connectivity index is 1.60. The molecule has 5 heteroatoms. The molecule has 2 atom stereocenters. The lowest BCUT2D eigenvalue weighted by Gasteiger charge is -2.45. The van der Waals surface area contributed by atoms with Gasteiger partial charge in [0.05, 0.1) is 6.10 Å². The van der Waals surface area contributed by atoms with E-state index in [0.29, 0.717) is 11.3 Å². The molecule has 114 valence electrons. The minimum atomic E-state index is -0.229. The number of ether oxygens (including phenoxy) is 1. The summed E-state index contributed by atoms with van der Waals surface area (Å²) in [6.07, 6.45) is 8.20. The number of carbonyl (C=O) groups excluding carboxylic acids is 1. The number of hydrogen-bond acceptors (Lipinski definition) is 4. The first-order valence-corrected chi connectivity index (χ1v) is 8.99. The predicted octanol–water partition coefficient (Wildman–Crippen LogP) is 1.77. The minimum Gasteiger partial charge on any atom is -0.364 e. The normalized spacial score (nSPS) is 33.5. The van der Waals surface area contributed by atoms with Crippen molar-refractivity contribution in [1.82, 2.24) is 4.90 Å². The second-order valence-electron chi connectivity index (χ2n) is 6.41. The van der Waals surface area contributed by atoms with Crippen molar-refractivity contribution in [3.05, 3.63) is 0 Å². The maximum atomic E-state index is 12.6. The second kappa shape index (κ2) is 6.24. The fraction of sp³-hybridized carbons (Fsp3) is 0.933. The maximum absolute atomic E-state index is 12.6. The first-order valence-electron chi connectivity index (χ1n) is 8.01. The Morgan fingerprint density at radius 1 is 1.30 bits per heavy atom. The van der Waals surface area contributed by atoms with Gasteiger partial charge in [-0.15, -0.1) is 0 Å². The number of rotatable bonds is 2. The smallest absolute Gasteiger partial charge is 0.251 e. The fourth-order valence-electron chi connectivity index (χ4n) is 3.80. The van der Waals surface area contributed by atoms with Crippen LogP contribution in [0.25, 0.3) is 0 Å². The first kappa shape index (κ1) is 14.7. The van der Waals surface area contributed by atoms with Gasteiger partial charge in [0.1, 0.15) is 6.10 Å². The van der Waals surface area contributed by atoms with E-state index >= 15 is 0 Å². The van der Waals surface area contributed by atoms with Crippen LogP contribution >= 0.6 is 11.8 Å². The third-order valence-electron chi connectivity index (χ3n) is 4.97. The van der Waals surface area contributed by atoms with E-state index in [4.69, 9.17) is 10.5 Å². The van der Waals surface area contributed by atoms with Gasteiger partial charge in [-0.05, 0) is 25.7 Å². The summed E-state index contributed by atoms with van der Waals surface area (Å²) in [5, 5.41) is 0. The molecule has 0 unspecified atom stereocenters. The molecule has 2 aliphatic heterocycles. The highest BCUT2D eigenvalue weighted by molar-refractivity contribution is 8.00. The van der Waals surface area contributed by atoms with E-state index in [2.05, 4.69) is 16.7 Å². The molecule has 1 saturated carbocycles. The lowest BCUT2D eigenvalue weighted by molar-refractivity contribution is -0.143. The summed E-state index contributed by atoms with van der Waals surface area (Å²) in [7, 11) is 0. The number of thioether (sulfide) groups is 1. The highest BCUT2D eigenvalue weighted by atomic mass is 32.2. The molecule has 1 amide bonds. The number of carbonyl (C=O) groups is 1. The molecule has 20 heavy (non-hydrogen) atoms. The molecule has 0 aromatic heterocycles. The molecule has 0 aromatic carbocycles. The van der Waals surface area contributed by atoms with Gasteiger partial charge in [-0.2, -0.15) is 11.8 Å². The monoisotopic (exact) mass is 298 g/mol. The Morgan fingerprint density at radius 2 is 2.10 bits per heavy atom. The zero-order valence-corrected chi connectivity index (χ0v) is 13.0. The quantitative estimate of drug-likeness (QED) is 0.844. The van der Waals surface area contributed by atoms with Crippen molar-refractivity contribution >= 4 is 17.7 Å². The molecule has 3 rings (SSSR count). The largest absolute Gasteiger partial charge is 0.364 e. The van der Waals surface area contributed by atoms with Crippen LogP contribution in [0.15, 0.2) is 0 Å². The summed E-state index contributed by atoms with van der Waals surface area (Å²) < 4.78 is 6.12. The SMILES string of the molecule is NC[C@H]1CC[C@@H](C(=O)N2CCSC3(CCCCC3)C2)O1. The number of hydrogen-bond donors (Lipinski definition) is 1. The Kier molecular flexibility index (Phi) is 4.58. The molecular weight excluding hydrogens is 272 g/mol. The first-order chi connectivity index (χ1) is 9.72. The van der Waals surface area contributed by atoms with Gasteiger partial charge in [-0.25, -0.2) is 0 Å². The molecular formula is C15H26N2O2S. The maximum Gasteiger partial charge on any atom is 0.251 e. The molecule has 0 aromatic rings. The molecule has 2 N–H and O–H groups in total. The van der Waals surface area contributed by atoms with Crippen molar-refractivity contribution in [2.45, 2.75) is 61.9 Å². The van der Waals surface area contributed by atoms with Crippen LogP contribution in [0.2, 0.25) is 0 Å². The summed E-state index contributed by atoms with van der Waals surface area (Å²) in [6.45, 7) is 2.35. The van der Waals surface area contributed by atoms with Gasteiger partial charge < -0.3 is 15.4 Å². The van der Waals surface area contributed by atoms with Crippen molar-refractivity contribution in [2.75, 3.05) is 25.4 Å². The Hall–Kier alpha value is -0.260. The summed E-state index contributed by atoms with van der Waals surface area (Å²) >= 11 is 2.10. The molecule has 0 bridgehead atoms. The zero-order valence-electron chi connectivity index (χ0n) is 12.2. The second-order valence-corrected chi connectivity index (χ2v) is 7.97. The Morgan fingerprint density at radius 3 is 2.80 bits per heavy atom. The highest BCUT2D eigenvalue weighted by Gasteiger charge is 2.41. The van der Waals surface area contributed by atoms with Crippen LogP contribution in [-0.2, 0) is 9.53 Å². The van der Waals surface area contributed by atoms with Crippen LogP contribution < -0.4 is 5.73 Å². The van der Waals surface area contributed by atoms with E-state index in [9.17, 15) is 4.79 Å². The van der Waals surface area contributed by atoms with Crippen molar-refractivity contribution in [3.63, 3.8) is 0 Å². The summed E-state index contributed by atoms with van der Waals surface area (Å²) in [4.78, 5) is 14.7. The standard InChI is InChI=1S/C15H26N2O2S/c16-10-12-4-5-13(19-12)14(18)17-8-9-20-15(11-17)6-2-1-3-7-15/h12-13H,1-11,16H2/t12-,13+/m1/s1. The van der Waals surface area contributed by atoms with Crippen molar-refractivity contribution in [2.24, 2.45) is 5.73 Å². The molecule has 0 radical (unpaired) electrons. The lowest BCUT2D eigenvalue weighted by atomic mass is 9.87. The molecule has 3 aliphatic rings. The van der Waals surface area contributed by atoms with E-state index in [-0.39, 0.29) is 18.1 Å². The van der Waals surface area contributed by atoms with Gasteiger partial charge in [0.15, 0.2) is 0 Å². The van der Waals surface area contributed by atoms with E-state index in [1.54, 1.807) is 0 Å². The van der Waals surface area contributed by atoms with Crippen molar-refractivity contribution in [3.8, 4) is 0 Å².